The van der Waals surface area contributed by atoms with E-state index in [1.54, 1.807) is 12.1 Å². The minimum atomic E-state index is 0.442. The molecule has 0 fully saturated rings. The zero-order chi connectivity index (χ0) is 20.8. The van der Waals surface area contributed by atoms with Gasteiger partial charge in [-0.2, -0.15) is 4.98 Å². The van der Waals surface area contributed by atoms with Gasteiger partial charge in [-0.1, -0.05) is 35.4 Å². The minimum absolute atomic E-state index is 0.442. The van der Waals surface area contributed by atoms with Crippen molar-refractivity contribution in [3.05, 3.63) is 59.2 Å². The maximum atomic E-state index is 6.06. The molecule has 0 aliphatic carbocycles. The number of aromatic nitrogens is 4. The number of benzene rings is 1. The molecule has 2 heterocycles. The standard InChI is InChI=1S/C20H23Cl2N7/c1-4-7-29(8-5-2)9-6-23-18-10-13(3)24-19(27-18)28-20-25-16-11-14(21)15(22)12-17(16)26-20/h4-5,10-12H,1-2,6-9H2,3H3,(H3,23,24,25,26,27,28). The number of hydrogen-bond acceptors (Lipinski definition) is 6. The highest BCUT2D eigenvalue weighted by molar-refractivity contribution is 6.42. The SMILES string of the molecule is C=CCN(CC=C)CCNc1cc(C)nc(Nc2nc3cc(Cl)c(Cl)cc3[nH]2)n1. The number of nitrogens with one attached hydrogen (secondary N) is 3. The topological polar surface area (TPSA) is 81.8 Å². The molecular formula is C20H23Cl2N7. The molecule has 0 bridgehead atoms. The molecule has 3 N–H and O–H groups in total. The Morgan fingerprint density at radius 3 is 2.52 bits per heavy atom. The van der Waals surface area contributed by atoms with E-state index in [1.165, 1.54) is 0 Å². The third kappa shape index (κ3) is 5.69. The van der Waals surface area contributed by atoms with Gasteiger partial charge >= 0.3 is 0 Å². The summed E-state index contributed by atoms with van der Waals surface area (Å²) in [7, 11) is 0. The lowest BCUT2D eigenvalue weighted by atomic mass is 10.3. The molecule has 2 aromatic heterocycles. The molecule has 0 saturated carbocycles. The van der Waals surface area contributed by atoms with Crippen LogP contribution in [-0.2, 0) is 0 Å². The van der Waals surface area contributed by atoms with Crippen molar-refractivity contribution in [1.82, 2.24) is 24.8 Å². The molecule has 0 radical (unpaired) electrons. The molecule has 0 unspecified atom stereocenters. The van der Waals surface area contributed by atoms with Crippen LogP contribution in [0.5, 0.6) is 0 Å². The Kier molecular flexibility index (Phi) is 7.09. The van der Waals surface area contributed by atoms with Crippen LogP contribution in [-0.4, -0.2) is 51.0 Å². The van der Waals surface area contributed by atoms with E-state index in [9.17, 15) is 0 Å². The average Bonchev–Trinajstić information content (AvgIpc) is 3.03. The summed E-state index contributed by atoms with van der Waals surface area (Å²) in [4.78, 5) is 18.8. The number of halogens is 2. The lowest BCUT2D eigenvalue weighted by molar-refractivity contribution is 0.349. The zero-order valence-corrected chi connectivity index (χ0v) is 17.7. The number of rotatable bonds is 10. The Balaban J connectivity index is 1.68. The highest BCUT2D eigenvalue weighted by atomic mass is 35.5. The highest BCUT2D eigenvalue weighted by Crippen LogP contribution is 2.28. The number of aryl methyl sites for hydroxylation is 1. The first-order valence-corrected chi connectivity index (χ1v) is 9.89. The van der Waals surface area contributed by atoms with Gasteiger partial charge in [0.1, 0.15) is 5.82 Å². The molecule has 1 aromatic carbocycles. The van der Waals surface area contributed by atoms with Gasteiger partial charge in [-0.15, -0.1) is 13.2 Å². The molecule has 3 rings (SSSR count). The quantitative estimate of drug-likeness (QED) is 0.400. The van der Waals surface area contributed by atoms with Crippen LogP contribution in [0.25, 0.3) is 11.0 Å². The van der Waals surface area contributed by atoms with Crippen LogP contribution < -0.4 is 10.6 Å². The molecule has 7 nitrogen and oxygen atoms in total. The van der Waals surface area contributed by atoms with Crippen molar-refractivity contribution in [2.24, 2.45) is 0 Å². The van der Waals surface area contributed by atoms with E-state index in [2.05, 4.69) is 48.6 Å². The summed E-state index contributed by atoms with van der Waals surface area (Å²) in [6, 6.07) is 5.34. The van der Waals surface area contributed by atoms with Crippen LogP contribution in [0.2, 0.25) is 10.0 Å². The molecule has 0 aliphatic heterocycles. The number of fused-ring (bicyclic) bond motifs is 1. The van der Waals surface area contributed by atoms with E-state index >= 15 is 0 Å². The van der Waals surface area contributed by atoms with Crippen LogP contribution in [0, 0.1) is 6.92 Å². The first kappa shape index (κ1) is 21.1. The van der Waals surface area contributed by atoms with E-state index < -0.39 is 0 Å². The van der Waals surface area contributed by atoms with Crippen LogP contribution in [0.1, 0.15) is 5.69 Å². The molecule has 0 spiro atoms. The van der Waals surface area contributed by atoms with E-state index in [4.69, 9.17) is 23.2 Å². The van der Waals surface area contributed by atoms with Crippen LogP contribution in [0.15, 0.2) is 43.5 Å². The highest BCUT2D eigenvalue weighted by Gasteiger charge is 2.09. The number of imidazole rings is 1. The Morgan fingerprint density at radius 1 is 1.07 bits per heavy atom. The van der Waals surface area contributed by atoms with Crippen LogP contribution in [0.3, 0.4) is 0 Å². The molecule has 3 aromatic rings. The normalized spacial score (nSPS) is 11.0. The molecular weight excluding hydrogens is 409 g/mol. The zero-order valence-electron chi connectivity index (χ0n) is 16.2. The molecule has 9 heteroatoms. The Hall–Kier alpha value is -2.61. The summed E-state index contributed by atoms with van der Waals surface area (Å²) in [6.07, 6.45) is 3.77. The van der Waals surface area contributed by atoms with Crippen molar-refractivity contribution in [2.75, 3.05) is 36.8 Å². The van der Waals surface area contributed by atoms with Gasteiger partial charge < -0.3 is 10.3 Å². The van der Waals surface area contributed by atoms with Gasteiger partial charge in [0, 0.05) is 37.9 Å². The van der Waals surface area contributed by atoms with E-state index in [0.29, 0.717) is 27.5 Å². The monoisotopic (exact) mass is 431 g/mol. The van der Waals surface area contributed by atoms with Crippen molar-refractivity contribution in [3.8, 4) is 0 Å². The van der Waals surface area contributed by atoms with Gasteiger partial charge in [-0.05, 0) is 19.1 Å². The third-order valence-corrected chi connectivity index (χ3v) is 4.84. The Morgan fingerprint density at radius 2 is 1.79 bits per heavy atom. The van der Waals surface area contributed by atoms with E-state index in [0.717, 1.165) is 43.2 Å². The van der Waals surface area contributed by atoms with Crippen molar-refractivity contribution in [3.63, 3.8) is 0 Å². The van der Waals surface area contributed by atoms with E-state index in [-0.39, 0.29) is 0 Å². The lowest BCUT2D eigenvalue weighted by Gasteiger charge is -2.19. The maximum absolute atomic E-state index is 6.06. The largest absolute Gasteiger partial charge is 0.369 e. The van der Waals surface area contributed by atoms with Crippen LogP contribution in [0.4, 0.5) is 17.7 Å². The van der Waals surface area contributed by atoms with Gasteiger partial charge in [0.15, 0.2) is 0 Å². The average molecular weight is 432 g/mol. The summed E-state index contributed by atoms with van der Waals surface area (Å²) < 4.78 is 0. The number of H-pyrrole nitrogens is 1. The molecule has 29 heavy (non-hydrogen) atoms. The smallest absolute Gasteiger partial charge is 0.231 e. The van der Waals surface area contributed by atoms with Gasteiger partial charge in [0.25, 0.3) is 0 Å². The number of aromatic amines is 1. The molecule has 0 aliphatic rings. The molecule has 0 amide bonds. The summed E-state index contributed by atoms with van der Waals surface area (Å²) in [5.41, 5.74) is 2.32. The lowest BCUT2D eigenvalue weighted by Crippen LogP contribution is -2.29. The minimum Gasteiger partial charge on any atom is -0.369 e. The predicted molar refractivity (Wildman–Crippen MR) is 121 cm³/mol. The van der Waals surface area contributed by atoms with Gasteiger partial charge in [-0.25, -0.2) is 9.97 Å². The number of anilines is 3. The first-order valence-electron chi connectivity index (χ1n) is 9.14. The first-order chi connectivity index (χ1) is 14.0. The summed E-state index contributed by atoms with van der Waals surface area (Å²) in [5, 5.41) is 7.36. The number of hydrogen-bond donors (Lipinski definition) is 3. The van der Waals surface area contributed by atoms with Gasteiger partial charge in [0.2, 0.25) is 11.9 Å². The fourth-order valence-electron chi connectivity index (χ4n) is 2.85. The second kappa shape index (κ2) is 9.73. The van der Waals surface area contributed by atoms with Gasteiger partial charge in [-0.3, -0.25) is 10.2 Å². The Bertz CT molecular complexity index is 966. The van der Waals surface area contributed by atoms with Crippen molar-refractivity contribution < 1.29 is 0 Å². The van der Waals surface area contributed by atoms with Crippen molar-refractivity contribution in [2.45, 2.75) is 6.92 Å². The van der Waals surface area contributed by atoms with Crippen molar-refractivity contribution in [1.29, 1.82) is 0 Å². The summed E-state index contributed by atoms with van der Waals surface area (Å²) >= 11 is 12.1. The van der Waals surface area contributed by atoms with Crippen LogP contribution >= 0.6 is 23.2 Å². The molecule has 152 valence electrons. The second-order valence-corrected chi connectivity index (χ2v) is 7.29. The predicted octanol–water partition coefficient (Wildman–Crippen LogP) is 4.80. The van der Waals surface area contributed by atoms with E-state index in [1.807, 2.05) is 25.1 Å². The Labute approximate surface area is 179 Å². The second-order valence-electron chi connectivity index (χ2n) is 6.48. The molecule has 0 atom stereocenters. The number of nitrogens with zero attached hydrogens (tertiary/aromatic N) is 4. The summed E-state index contributed by atoms with van der Waals surface area (Å²) in [6.45, 7) is 12.7. The van der Waals surface area contributed by atoms with Crippen molar-refractivity contribution >= 4 is 51.9 Å². The van der Waals surface area contributed by atoms with Gasteiger partial charge in [0.05, 0.1) is 21.1 Å². The fourth-order valence-corrected chi connectivity index (χ4v) is 3.17. The maximum Gasteiger partial charge on any atom is 0.231 e. The third-order valence-electron chi connectivity index (χ3n) is 4.12. The molecule has 0 saturated heterocycles. The summed E-state index contributed by atoms with van der Waals surface area (Å²) in [5.74, 6) is 1.69. The fraction of sp³-hybridized carbons (Fsp3) is 0.250.